The molecule has 1 aromatic carbocycles. The molecule has 1 aromatic rings. The number of nitrogen functional groups attached to an aromatic ring is 1. The molecule has 4 nitrogen and oxygen atoms in total. The largest absolute Gasteiger partial charge is 0.507 e. The standard InChI is InChI=1S/C19H32N2O2.ClH/c1-7-12(3)11-19(5,6)16-10-14(13(4)8-2)9-15(17(16)22)18(23)21-20;/h9-10,12-13,22H,7-8,11,20H2,1-6H3,(H,21,23);1H. The van der Waals surface area contributed by atoms with Crippen LogP contribution in [0.3, 0.4) is 0 Å². The van der Waals surface area contributed by atoms with Crippen LogP contribution >= 0.6 is 12.4 Å². The molecule has 0 saturated heterocycles. The van der Waals surface area contributed by atoms with Gasteiger partial charge < -0.3 is 5.11 Å². The van der Waals surface area contributed by atoms with E-state index in [1.165, 1.54) is 0 Å². The van der Waals surface area contributed by atoms with Crippen molar-refractivity contribution in [3.63, 3.8) is 0 Å². The zero-order chi connectivity index (χ0) is 17.8. The number of phenolic OH excluding ortho intramolecular Hbond substituents is 1. The summed E-state index contributed by atoms with van der Waals surface area (Å²) < 4.78 is 0. The minimum atomic E-state index is -0.451. The minimum Gasteiger partial charge on any atom is -0.507 e. The molecule has 24 heavy (non-hydrogen) atoms. The third kappa shape index (κ3) is 5.12. The highest BCUT2D eigenvalue weighted by atomic mass is 35.5. The lowest BCUT2D eigenvalue weighted by atomic mass is 9.74. The molecule has 2 unspecified atom stereocenters. The normalized spacial score (nSPS) is 13.8. The summed E-state index contributed by atoms with van der Waals surface area (Å²) in [5.41, 5.74) is 4.08. The lowest BCUT2D eigenvalue weighted by Crippen LogP contribution is -2.31. The van der Waals surface area contributed by atoms with Crippen LogP contribution in [0.4, 0.5) is 0 Å². The summed E-state index contributed by atoms with van der Waals surface area (Å²) in [5.74, 6) is 5.74. The van der Waals surface area contributed by atoms with Crippen LogP contribution in [0.5, 0.6) is 5.75 Å². The maximum atomic E-state index is 12.1. The van der Waals surface area contributed by atoms with Crippen molar-refractivity contribution >= 4 is 18.3 Å². The van der Waals surface area contributed by atoms with Gasteiger partial charge in [0.1, 0.15) is 5.75 Å². The number of halogens is 1. The molecule has 138 valence electrons. The number of hydrazine groups is 1. The quantitative estimate of drug-likeness (QED) is 0.378. The smallest absolute Gasteiger partial charge is 0.268 e. The SMILES string of the molecule is CCC(C)CC(C)(C)c1cc(C(C)CC)cc(C(=O)NN)c1O.Cl. The Kier molecular flexibility index (Phi) is 8.80. The molecule has 2 atom stereocenters. The lowest BCUT2D eigenvalue weighted by Gasteiger charge is -2.30. The first-order valence-corrected chi connectivity index (χ1v) is 8.56. The second kappa shape index (κ2) is 9.28. The monoisotopic (exact) mass is 356 g/mol. The molecular weight excluding hydrogens is 324 g/mol. The van der Waals surface area contributed by atoms with Crippen LogP contribution in [0.2, 0.25) is 0 Å². The third-order valence-electron chi connectivity index (χ3n) is 4.97. The lowest BCUT2D eigenvalue weighted by molar-refractivity contribution is 0.0950. The average molecular weight is 357 g/mol. The predicted molar refractivity (Wildman–Crippen MR) is 103 cm³/mol. The maximum Gasteiger partial charge on any atom is 0.268 e. The first kappa shape index (κ1) is 22.7. The summed E-state index contributed by atoms with van der Waals surface area (Å²) in [5, 5.41) is 10.7. The second-order valence-electron chi connectivity index (χ2n) is 7.35. The molecule has 0 radical (unpaired) electrons. The number of hydrogen-bond acceptors (Lipinski definition) is 3. The topological polar surface area (TPSA) is 75.4 Å². The van der Waals surface area contributed by atoms with Gasteiger partial charge in [0, 0.05) is 5.56 Å². The Morgan fingerprint density at radius 2 is 1.83 bits per heavy atom. The summed E-state index contributed by atoms with van der Waals surface area (Å²) in [6.45, 7) is 12.9. The zero-order valence-corrected chi connectivity index (χ0v) is 16.6. The molecule has 0 aliphatic heterocycles. The molecule has 0 heterocycles. The summed E-state index contributed by atoms with van der Waals surface area (Å²) in [7, 11) is 0. The number of rotatable bonds is 7. The van der Waals surface area contributed by atoms with Crippen LogP contribution in [0.25, 0.3) is 0 Å². The van der Waals surface area contributed by atoms with Crippen LogP contribution in [0, 0.1) is 5.92 Å². The Morgan fingerprint density at radius 3 is 2.29 bits per heavy atom. The van der Waals surface area contributed by atoms with E-state index < -0.39 is 5.91 Å². The van der Waals surface area contributed by atoms with Gasteiger partial charge in [0.25, 0.3) is 5.91 Å². The molecule has 5 heteroatoms. The van der Waals surface area contributed by atoms with Gasteiger partial charge in [-0.25, -0.2) is 5.84 Å². The number of aromatic hydroxyl groups is 1. The second-order valence-corrected chi connectivity index (χ2v) is 7.35. The highest BCUT2D eigenvalue weighted by molar-refractivity contribution is 5.97. The fourth-order valence-electron chi connectivity index (χ4n) is 3.07. The Morgan fingerprint density at radius 1 is 1.25 bits per heavy atom. The van der Waals surface area contributed by atoms with Gasteiger partial charge in [-0.05, 0) is 41.7 Å². The van der Waals surface area contributed by atoms with Gasteiger partial charge >= 0.3 is 0 Å². The minimum absolute atomic E-state index is 0. The molecule has 0 bridgehead atoms. The van der Waals surface area contributed by atoms with Crippen molar-refractivity contribution in [2.24, 2.45) is 11.8 Å². The average Bonchev–Trinajstić information content (AvgIpc) is 2.52. The van der Waals surface area contributed by atoms with Crippen molar-refractivity contribution in [1.29, 1.82) is 0 Å². The summed E-state index contributed by atoms with van der Waals surface area (Å²) >= 11 is 0. The fourth-order valence-corrected chi connectivity index (χ4v) is 3.07. The van der Waals surface area contributed by atoms with E-state index in [9.17, 15) is 9.90 Å². The molecule has 0 saturated carbocycles. The van der Waals surface area contributed by atoms with E-state index in [0.717, 1.165) is 30.4 Å². The molecule has 0 fully saturated rings. The van der Waals surface area contributed by atoms with Crippen LogP contribution in [0.15, 0.2) is 12.1 Å². The van der Waals surface area contributed by atoms with Gasteiger partial charge in [0.2, 0.25) is 0 Å². The molecule has 0 aromatic heterocycles. The van der Waals surface area contributed by atoms with Gasteiger partial charge in [-0.2, -0.15) is 0 Å². The van der Waals surface area contributed by atoms with Gasteiger partial charge in [-0.1, -0.05) is 54.0 Å². The highest BCUT2D eigenvalue weighted by Crippen LogP contribution is 2.40. The summed E-state index contributed by atoms with van der Waals surface area (Å²) in [6, 6.07) is 3.81. The van der Waals surface area contributed by atoms with E-state index in [1.807, 2.05) is 0 Å². The first-order chi connectivity index (χ1) is 10.7. The zero-order valence-electron chi connectivity index (χ0n) is 15.8. The van der Waals surface area contributed by atoms with Gasteiger partial charge in [0.05, 0.1) is 5.56 Å². The summed E-state index contributed by atoms with van der Waals surface area (Å²) in [6.07, 6.45) is 3.01. The van der Waals surface area contributed by atoms with Crippen LogP contribution < -0.4 is 11.3 Å². The molecule has 0 aliphatic carbocycles. The van der Waals surface area contributed by atoms with Crippen LogP contribution in [0.1, 0.15) is 88.2 Å². The Bertz CT molecular complexity index is 559. The van der Waals surface area contributed by atoms with Crippen LogP contribution in [-0.4, -0.2) is 11.0 Å². The number of benzene rings is 1. The van der Waals surface area contributed by atoms with Crippen molar-refractivity contribution in [2.45, 2.75) is 72.1 Å². The predicted octanol–water partition coefficient (Wildman–Crippen LogP) is 4.64. The van der Waals surface area contributed by atoms with Crippen molar-refractivity contribution in [3.8, 4) is 5.75 Å². The molecule has 0 aliphatic rings. The molecule has 0 spiro atoms. The number of carbonyl (C=O) groups excluding carboxylic acids is 1. The van der Waals surface area contributed by atoms with Crippen molar-refractivity contribution in [3.05, 3.63) is 28.8 Å². The Hall–Kier alpha value is -1.26. The fraction of sp³-hybridized carbons (Fsp3) is 0.632. The Balaban J connectivity index is 0.00000529. The maximum absolute atomic E-state index is 12.1. The van der Waals surface area contributed by atoms with E-state index in [2.05, 4.69) is 53.0 Å². The Labute approximate surface area is 152 Å². The molecule has 1 amide bonds. The van der Waals surface area contributed by atoms with Gasteiger partial charge in [-0.15, -0.1) is 12.4 Å². The highest BCUT2D eigenvalue weighted by Gasteiger charge is 2.29. The molecule has 1 rings (SSSR count). The van der Waals surface area contributed by atoms with Gasteiger partial charge in [-0.3, -0.25) is 10.2 Å². The van der Waals surface area contributed by atoms with Gasteiger partial charge in [0.15, 0.2) is 0 Å². The number of amides is 1. The number of carbonyl (C=O) groups is 1. The number of phenols is 1. The number of nitrogens with two attached hydrogens (primary N) is 1. The van der Waals surface area contributed by atoms with E-state index in [0.29, 0.717) is 11.8 Å². The first-order valence-electron chi connectivity index (χ1n) is 8.56. The number of nitrogens with one attached hydrogen (secondary N) is 1. The van der Waals surface area contributed by atoms with Crippen molar-refractivity contribution in [2.75, 3.05) is 0 Å². The third-order valence-corrected chi connectivity index (χ3v) is 4.97. The van der Waals surface area contributed by atoms with E-state index in [1.54, 1.807) is 6.07 Å². The molecular formula is C19H33ClN2O2. The summed E-state index contributed by atoms with van der Waals surface area (Å²) in [4.78, 5) is 12.1. The number of hydrogen-bond donors (Lipinski definition) is 3. The molecule has 4 N–H and O–H groups in total. The van der Waals surface area contributed by atoms with E-state index in [4.69, 9.17) is 5.84 Å². The van der Waals surface area contributed by atoms with E-state index >= 15 is 0 Å². The van der Waals surface area contributed by atoms with Crippen molar-refractivity contribution in [1.82, 2.24) is 5.43 Å². The van der Waals surface area contributed by atoms with Crippen molar-refractivity contribution < 1.29 is 9.90 Å². The van der Waals surface area contributed by atoms with E-state index in [-0.39, 0.29) is 29.1 Å². The van der Waals surface area contributed by atoms with Crippen LogP contribution in [-0.2, 0) is 5.41 Å².